The van der Waals surface area contributed by atoms with Gasteiger partial charge in [-0.2, -0.15) is 4.31 Å². The van der Waals surface area contributed by atoms with Crippen LogP contribution >= 0.6 is 0 Å². The van der Waals surface area contributed by atoms with Crippen LogP contribution in [-0.2, 0) is 10.0 Å². The van der Waals surface area contributed by atoms with Gasteiger partial charge in [-0.25, -0.2) is 8.42 Å². The van der Waals surface area contributed by atoms with Gasteiger partial charge in [0.15, 0.2) is 0 Å². The molecule has 5 heteroatoms. The summed E-state index contributed by atoms with van der Waals surface area (Å²) in [5.74, 6) is 0.525. The van der Waals surface area contributed by atoms with Crippen molar-refractivity contribution in [3.63, 3.8) is 0 Å². The molecule has 0 amide bonds. The van der Waals surface area contributed by atoms with Gasteiger partial charge in [-0.1, -0.05) is 19.4 Å². The minimum Gasteiger partial charge on any atom is -0.398 e. The van der Waals surface area contributed by atoms with Crippen molar-refractivity contribution in [2.75, 3.05) is 18.8 Å². The maximum atomic E-state index is 12.6. The molecule has 106 valence electrons. The third kappa shape index (κ3) is 2.92. The summed E-state index contributed by atoms with van der Waals surface area (Å²) in [6.45, 7) is 4.89. The van der Waals surface area contributed by atoms with Gasteiger partial charge in [-0.05, 0) is 43.4 Å². The Balaban J connectivity index is 2.25. The van der Waals surface area contributed by atoms with E-state index in [1.807, 2.05) is 13.8 Å². The highest BCUT2D eigenvalue weighted by molar-refractivity contribution is 7.89. The highest BCUT2D eigenvalue weighted by Gasteiger charge is 2.28. The summed E-state index contributed by atoms with van der Waals surface area (Å²) in [7, 11) is -3.41. The second-order valence-corrected chi connectivity index (χ2v) is 7.21. The van der Waals surface area contributed by atoms with E-state index in [2.05, 4.69) is 0 Å². The van der Waals surface area contributed by atoms with Crippen molar-refractivity contribution in [3.05, 3.63) is 23.8 Å². The molecule has 0 saturated heterocycles. The van der Waals surface area contributed by atoms with Crippen molar-refractivity contribution in [3.8, 4) is 0 Å². The zero-order chi connectivity index (χ0) is 14.0. The first-order chi connectivity index (χ1) is 8.95. The second-order valence-electron chi connectivity index (χ2n) is 5.27. The normalized spacial score (nSPS) is 16.6. The Bertz CT molecular complexity index is 551. The number of sulfonamides is 1. The monoisotopic (exact) mass is 282 g/mol. The molecule has 0 aromatic heterocycles. The van der Waals surface area contributed by atoms with Crippen LogP contribution in [0.2, 0.25) is 0 Å². The van der Waals surface area contributed by atoms with Gasteiger partial charge < -0.3 is 5.73 Å². The first-order valence-corrected chi connectivity index (χ1v) is 8.25. The molecule has 1 aromatic carbocycles. The molecule has 0 atom stereocenters. The Kier molecular flexibility index (Phi) is 4.16. The summed E-state index contributed by atoms with van der Waals surface area (Å²) in [5, 5.41) is 0. The van der Waals surface area contributed by atoms with E-state index in [0.717, 1.165) is 18.4 Å². The number of hydrogen-bond acceptors (Lipinski definition) is 3. The van der Waals surface area contributed by atoms with E-state index in [1.54, 1.807) is 22.5 Å². The van der Waals surface area contributed by atoms with Crippen LogP contribution < -0.4 is 5.73 Å². The summed E-state index contributed by atoms with van der Waals surface area (Å²) in [6, 6.07) is 4.97. The fourth-order valence-corrected chi connectivity index (χ4v) is 3.85. The molecule has 1 fully saturated rings. The van der Waals surface area contributed by atoms with Crippen LogP contribution in [0.4, 0.5) is 5.69 Å². The third-order valence-corrected chi connectivity index (χ3v) is 5.86. The Labute approximate surface area is 115 Å². The summed E-state index contributed by atoms with van der Waals surface area (Å²) in [5.41, 5.74) is 7.25. The Morgan fingerprint density at radius 2 is 2.05 bits per heavy atom. The van der Waals surface area contributed by atoms with E-state index in [4.69, 9.17) is 5.73 Å². The van der Waals surface area contributed by atoms with Crippen LogP contribution in [0.3, 0.4) is 0 Å². The quantitative estimate of drug-likeness (QED) is 0.843. The Morgan fingerprint density at radius 1 is 1.37 bits per heavy atom. The maximum absolute atomic E-state index is 12.6. The van der Waals surface area contributed by atoms with Crippen molar-refractivity contribution >= 4 is 15.7 Å². The fourth-order valence-electron chi connectivity index (χ4n) is 2.29. The molecule has 0 unspecified atom stereocenters. The molecule has 1 aliphatic rings. The first kappa shape index (κ1) is 14.3. The lowest BCUT2D eigenvalue weighted by molar-refractivity contribution is 0.250. The SMILES string of the molecule is CCN(CC1CCC1)S(=O)(=O)c1ccc(C)c(N)c1. The summed E-state index contributed by atoms with van der Waals surface area (Å²) in [4.78, 5) is 0.303. The van der Waals surface area contributed by atoms with E-state index < -0.39 is 10.0 Å². The van der Waals surface area contributed by atoms with Gasteiger partial charge in [0.25, 0.3) is 0 Å². The molecule has 0 heterocycles. The highest BCUT2D eigenvalue weighted by atomic mass is 32.2. The summed E-state index contributed by atoms with van der Waals surface area (Å²) < 4.78 is 26.7. The molecule has 4 nitrogen and oxygen atoms in total. The predicted molar refractivity (Wildman–Crippen MR) is 77.4 cm³/mol. The molecule has 19 heavy (non-hydrogen) atoms. The number of nitrogens with zero attached hydrogens (tertiary/aromatic N) is 1. The van der Waals surface area contributed by atoms with Crippen molar-refractivity contribution in [2.24, 2.45) is 5.92 Å². The van der Waals surface area contributed by atoms with Crippen LogP contribution in [0.1, 0.15) is 31.7 Å². The van der Waals surface area contributed by atoms with Crippen LogP contribution in [0.5, 0.6) is 0 Å². The van der Waals surface area contributed by atoms with Gasteiger partial charge in [0.1, 0.15) is 0 Å². The number of benzene rings is 1. The van der Waals surface area contributed by atoms with E-state index in [-0.39, 0.29) is 0 Å². The van der Waals surface area contributed by atoms with Gasteiger partial charge in [-0.15, -0.1) is 0 Å². The van der Waals surface area contributed by atoms with E-state index >= 15 is 0 Å². The molecular formula is C14H22N2O2S. The molecule has 0 aliphatic heterocycles. The molecule has 2 N–H and O–H groups in total. The number of hydrogen-bond donors (Lipinski definition) is 1. The molecule has 1 aromatic rings. The zero-order valence-electron chi connectivity index (χ0n) is 11.6. The first-order valence-electron chi connectivity index (χ1n) is 6.81. The molecule has 1 saturated carbocycles. The minimum atomic E-state index is -3.41. The molecule has 0 bridgehead atoms. The average Bonchev–Trinajstić information content (AvgIpc) is 2.31. The van der Waals surface area contributed by atoms with Crippen LogP contribution in [0, 0.1) is 12.8 Å². The Morgan fingerprint density at radius 3 is 2.53 bits per heavy atom. The lowest BCUT2D eigenvalue weighted by Gasteiger charge is -2.31. The molecular weight excluding hydrogens is 260 g/mol. The van der Waals surface area contributed by atoms with Crippen molar-refractivity contribution in [1.29, 1.82) is 0 Å². The van der Waals surface area contributed by atoms with E-state index in [1.165, 1.54) is 6.42 Å². The smallest absolute Gasteiger partial charge is 0.243 e. The largest absolute Gasteiger partial charge is 0.398 e. The number of nitrogens with two attached hydrogens (primary N) is 1. The lowest BCUT2D eigenvalue weighted by atomic mass is 9.85. The topological polar surface area (TPSA) is 63.4 Å². The van der Waals surface area contributed by atoms with Gasteiger partial charge in [0.05, 0.1) is 4.90 Å². The van der Waals surface area contributed by atoms with Crippen molar-refractivity contribution in [1.82, 2.24) is 4.31 Å². The van der Waals surface area contributed by atoms with Gasteiger partial charge in [0.2, 0.25) is 10.0 Å². The van der Waals surface area contributed by atoms with Gasteiger partial charge >= 0.3 is 0 Å². The molecule has 0 spiro atoms. The number of aryl methyl sites for hydroxylation is 1. The highest BCUT2D eigenvalue weighted by Crippen LogP contribution is 2.29. The molecule has 0 radical (unpaired) electrons. The average molecular weight is 282 g/mol. The predicted octanol–water partition coefficient (Wildman–Crippen LogP) is 2.39. The number of rotatable bonds is 5. The number of nitrogen functional groups attached to an aromatic ring is 1. The molecule has 2 rings (SSSR count). The zero-order valence-corrected chi connectivity index (χ0v) is 12.4. The van der Waals surface area contributed by atoms with Gasteiger partial charge in [0, 0.05) is 18.8 Å². The van der Waals surface area contributed by atoms with E-state index in [9.17, 15) is 8.42 Å². The standard InChI is InChI=1S/C14H22N2O2S/c1-3-16(10-12-5-4-6-12)19(17,18)13-8-7-11(2)14(15)9-13/h7-9,12H,3-6,10,15H2,1-2H3. The number of anilines is 1. The second kappa shape index (κ2) is 5.51. The maximum Gasteiger partial charge on any atom is 0.243 e. The molecule has 1 aliphatic carbocycles. The van der Waals surface area contributed by atoms with Crippen molar-refractivity contribution < 1.29 is 8.42 Å². The minimum absolute atomic E-state index is 0.303. The van der Waals surface area contributed by atoms with Gasteiger partial charge in [-0.3, -0.25) is 0 Å². The lowest BCUT2D eigenvalue weighted by Crippen LogP contribution is -2.37. The van der Waals surface area contributed by atoms with Crippen LogP contribution in [0.15, 0.2) is 23.1 Å². The van der Waals surface area contributed by atoms with E-state index in [0.29, 0.717) is 29.6 Å². The van der Waals surface area contributed by atoms with Crippen molar-refractivity contribution in [2.45, 2.75) is 38.0 Å². The van der Waals surface area contributed by atoms with Crippen LogP contribution in [0.25, 0.3) is 0 Å². The fraction of sp³-hybridized carbons (Fsp3) is 0.571. The Hall–Kier alpha value is -1.07. The third-order valence-electron chi connectivity index (χ3n) is 3.93. The van der Waals surface area contributed by atoms with Crippen LogP contribution in [-0.4, -0.2) is 25.8 Å². The summed E-state index contributed by atoms with van der Waals surface area (Å²) >= 11 is 0. The summed E-state index contributed by atoms with van der Waals surface area (Å²) in [6.07, 6.45) is 3.50.